The van der Waals surface area contributed by atoms with E-state index in [1.165, 1.54) is 0 Å². The minimum atomic E-state index is -1.29. The Morgan fingerprint density at radius 2 is 1.83 bits per heavy atom. The Hall–Kier alpha value is -2.89. The first-order valence-corrected chi connectivity index (χ1v) is 7.65. The molecule has 2 N–H and O–H groups in total. The Labute approximate surface area is 139 Å². The van der Waals surface area contributed by atoms with E-state index in [2.05, 4.69) is 5.32 Å². The van der Waals surface area contributed by atoms with Crippen LogP contribution in [0.25, 0.3) is 10.8 Å². The van der Waals surface area contributed by atoms with Gasteiger partial charge in [0.15, 0.2) is 0 Å². The summed E-state index contributed by atoms with van der Waals surface area (Å²) in [5.74, 6) is -2.38. The fourth-order valence-corrected chi connectivity index (χ4v) is 2.37. The molecular weight excluding hydrogens is 310 g/mol. The van der Waals surface area contributed by atoms with Gasteiger partial charge in [-0.15, -0.1) is 0 Å². The standard InChI is InChI=1S/C18H19NO5/c1-2-24-17(21)11-15(18(22)23)19-16(20)10-12-7-8-13-5-3-4-6-14(13)9-12/h3-9,15H,2,10-11H2,1H3,(H,19,20)(H,22,23)/t15-/m1/s1. The molecule has 6 nitrogen and oxygen atoms in total. The first-order valence-electron chi connectivity index (χ1n) is 7.65. The van der Waals surface area contributed by atoms with Crippen molar-refractivity contribution in [3.63, 3.8) is 0 Å². The molecule has 24 heavy (non-hydrogen) atoms. The molecule has 2 aromatic rings. The zero-order chi connectivity index (χ0) is 17.5. The third-order valence-corrected chi connectivity index (χ3v) is 3.49. The summed E-state index contributed by atoms with van der Waals surface area (Å²) in [5.41, 5.74) is 0.770. The van der Waals surface area contributed by atoms with Gasteiger partial charge in [-0.25, -0.2) is 4.79 Å². The van der Waals surface area contributed by atoms with Crippen molar-refractivity contribution < 1.29 is 24.2 Å². The number of amides is 1. The van der Waals surface area contributed by atoms with Gasteiger partial charge < -0.3 is 15.2 Å². The number of hydrogen-bond donors (Lipinski definition) is 2. The molecule has 0 aliphatic carbocycles. The maximum absolute atomic E-state index is 12.1. The van der Waals surface area contributed by atoms with E-state index in [1.807, 2.05) is 42.5 Å². The molecule has 0 aliphatic rings. The number of hydrogen-bond acceptors (Lipinski definition) is 4. The van der Waals surface area contributed by atoms with Crippen molar-refractivity contribution in [2.45, 2.75) is 25.8 Å². The van der Waals surface area contributed by atoms with Gasteiger partial charge in [-0.05, 0) is 23.3 Å². The molecule has 0 radical (unpaired) electrons. The molecule has 6 heteroatoms. The Balaban J connectivity index is 2.01. The zero-order valence-electron chi connectivity index (χ0n) is 13.3. The normalized spacial score (nSPS) is 11.7. The molecule has 0 fully saturated rings. The van der Waals surface area contributed by atoms with Crippen LogP contribution in [0.5, 0.6) is 0 Å². The van der Waals surface area contributed by atoms with Gasteiger partial charge in [0.1, 0.15) is 6.04 Å². The highest BCUT2D eigenvalue weighted by Crippen LogP contribution is 2.16. The van der Waals surface area contributed by atoms with Crippen LogP contribution in [0.1, 0.15) is 18.9 Å². The van der Waals surface area contributed by atoms with Crippen molar-refractivity contribution in [3.8, 4) is 0 Å². The largest absolute Gasteiger partial charge is 0.480 e. The highest BCUT2D eigenvalue weighted by molar-refractivity contribution is 5.89. The Morgan fingerprint density at radius 1 is 1.12 bits per heavy atom. The lowest BCUT2D eigenvalue weighted by Crippen LogP contribution is -2.43. The van der Waals surface area contributed by atoms with E-state index in [9.17, 15) is 14.4 Å². The van der Waals surface area contributed by atoms with Crippen molar-refractivity contribution in [2.24, 2.45) is 0 Å². The lowest BCUT2D eigenvalue weighted by molar-refractivity contribution is -0.150. The van der Waals surface area contributed by atoms with Crippen molar-refractivity contribution in [1.82, 2.24) is 5.32 Å². The molecule has 0 aromatic heterocycles. The average molecular weight is 329 g/mol. The molecule has 0 spiro atoms. The van der Waals surface area contributed by atoms with E-state index in [1.54, 1.807) is 6.92 Å². The Kier molecular flexibility index (Phi) is 5.89. The summed E-state index contributed by atoms with van der Waals surface area (Å²) in [4.78, 5) is 34.7. The van der Waals surface area contributed by atoms with Gasteiger partial charge in [-0.3, -0.25) is 9.59 Å². The van der Waals surface area contributed by atoms with Gasteiger partial charge >= 0.3 is 11.9 Å². The number of fused-ring (bicyclic) bond motifs is 1. The van der Waals surface area contributed by atoms with Crippen LogP contribution in [0.2, 0.25) is 0 Å². The Bertz CT molecular complexity index is 756. The number of ether oxygens (including phenoxy) is 1. The van der Waals surface area contributed by atoms with Crippen LogP contribution in [0.4, 0.5) is 0 Å². The van der Waals surface area contributed by atoms with E-state index < -0.39 is 30.3 Å². The highest BCUT2D eigenvalue weighted by atomic mass is 16.5. The first kappa shape index (κ1) is 17.5. The summed E-state index contributed by atoms with van der Waals surface area (Å²) in [6, 6.07) is 12.1. The van der Waals surface area contributed by atoms with Crippen molar-refractivity contribution >= 4 is 28.6 Å². The molecule has 0 saturated heterocycles. The monoisotopic (exact) mass is 329 g/mol. The van der Waals surface area contributed by atoms with Crippen LogP contribution in [-0.4, -0.2) is 35.6 Å². The Morgan fingerprint density at radius 3 is 2.50 bits per heavy atom. The van der Waals surface area contributed by atoms with Crippen molar-refractivity contribution in [2.75, 3.05) is 6.61 Å². The van der Waals surface area contributed by atoms with E-state index in [0.29, 0.717) is 0 Å². The van der Waals surface area contributed by atoms with Gasteiger partial charge in [-0.2, -0.15) is 0 Å². The summed E-state index contributed by atoms with van der Waals surface area (Å²) in [6.45, 7) is 1.79. The van der Waals surface area contributed by atoms with E-state index >= 15 is 0 Å². The number of carboxylic acid groups (broad SMARTS) is 1. The molecule has 1 atom stereocenters. The van der Waals surface area contributed by atoms with Gasteiger partial charge in [-0.1, -0.05) is 42.5 Å². The second kappa shape index (κ2) is 8.10. The van der Waals surface area contributed by atoms with Gasteiger partial charge in [0, 0.05) is 0 Å². The molecule has 2 rings (SSSR count). The van der Waals surface area contributed by atoms with Crippen molar-refractivity contribution in [3.05, 3.63) is 48.0 Å². The summed E-state index contributed by atoms with van der Waals surface area (Å²) < 4.78 is 4.72. The fourth-order valence-electron chi connectivity index (χ4n) is 2.37. The number of benzene rings is 2. The molecule has 1 amide bonds. The minimum absolute atomic E-state index is 0.0391. The average Bonchev–Trinajstić information content (AvgIpc) is 2.54. The number of carbonyl (C=O) groups is 3. The summed E-state index contributed by atoms with van der Waals surface area (Å²) in [7, 11) is 0. The number of nitrogens with one attached hydrogen (secondary N) is 1. The quantitative estimate of drug-likeness (QED) is 0.757. The van der Waals surface area contributed by atoms with Crippen LogP contribution in [0.3, 0.4) is 0 Å². The summed E-state index contributed by atoms with van der Waals surface area (Å²) in [6.07, 6.45) is -0.357. The van der Waals surface area contributed by atoms with Crippen LogP contribution in [0, 0.1) is 0 Å². The van der Waals surface area contributed by atoms with Crippen molar-refractivity contribution in [1.29, 1.82) is 0 Å². The molecular formula is C18H19NO5. The van der Waals surface area contributed by atoms with E-state index in [4.69, 9.17) is 9.84 Å². The predicted octanol–water partition coefficient (Wildman–Crippen LogP) is 1.90. The predicted molar refractivity (Wildman–Crippen MR) is 88.5 cm³/mol. The SMILES string of the molecule is CCOC(=O)C[C@@H](NC(=O)Cc1ccc2ccccc2c1)C(=O)O. The second-order valence-electron chi connectivity index (χ2n) is 5.33. The lowest BCUT2D eigenvalue weighted by Gasteiger charge is -2.14. The van der Waals surface area contributed by atoms with Crippen LogP contribution in [-0.2, 0) is 25.5 Å². The minimum Gasteiger partial charge on any atom is -0.480 e. The number of carboxylic acids is 1. The third kappa shape index (κ3) is 4.81. The molecule has 0 unspecified atom stereocenters. The van der Waals surface area contributed by atoms with Gasteiger partial charge in [0.05, 0.1) is 19.4 Å². The zero-order valence-corrected chi connectivity index (χ0v) is 13.3. The number of aliphatic carboxylic acids is 1. The number of carbonyl (C=O) groups excluding carboxylic acids is 2. The molecule has 0 aliphatic heterocycles. The topological polar surface area (TPSA) is 92.7 Å². The smallest absolute Gasteiger partial charge is 0.326 e. The van der Waals surface area contributed by atoms with Crippen LogP contribution >= 0.6 is 0 Å². The maximum Gasteiger partial charge on any atom is 0.326 e. The van der Waals surface area contributed by atoms with E-state index in [0.717, 1.165) is 16.3 Å². The first-order chi connectivity index (χ1) is 11.5. The highest BCUT2D eigenvalue weighted by Gasteiger charge is 2.24. The molecule has 0 heterocycles. The summed E-state index contributed by atoms with van der Waals surface area (Å²) >= 11 is 0. The van der Waals surface area contributed by atoms with Gasteiger partial charge in [0.25, 0.3) is 0 Å². The number of esters is 1. The second-order valence-corrected chi connectivity index (χ2v) is 5.33. The summed E-state index contributed by atoms with van der Waals surface area (Å²) in [5, 5.41) is 13.6. The molecule has 0 saturated carbocycles. The number of rotatable bonds is 7. The van der Waals surface area contributed by atoms with Crippen LogP contribution in [0.15, 0.2) is 42.5 Å². The molecule has 0 bridgehead atoms. The molecule has 2 aromatic carbocycles. The third-order valence-electron chi connectivity index (χ3n) is 3.49. The van der Waals surface area contributed by atoms with E-state index in [-0.39, 0.29) is 13.0 Å². The fraction of sp³-hybridized carbons (Fsp3) is 0.278. The molecule has 126 valence electrons. The maximum atomic E-state index is 12.1. The van der Waals surface area contributed by atoms with Gasteiger partial charge in [0.2, 0.25) is 5.91 Å². The van der Waals surface area contributed by atoms with Crippen LogP contribution < -0.4 is 5.32 Å². The lowest BCUT2D eigenvalue weighted by atomic mass is 10.0.